The fourth-order valence-electron chi connectivity index (χ4n) is 4.80. The van der Waals surface area contributed by atoms with Crippen LogP contribution in [0.15, 0.2) is 60.7 Å². The van der Waals surface area contributed by atoms with E-state index in [1.807, 2.05) is 30.3 Å². The topological polar surface area (TPSA) is 130 Å². The summed E-state index contributed by atoms with van der Waals surface area (Å²) in [6.07, 6.45) is -1.24. The summed E-state index contributed by atoms with van der Waals surface area (Å²) < 4.78 is 65.0. The SMILES string of the molecule is CS(=O)(=O)O[C@@H]1Cc2c3c(cc(OCc4ccccc4)c2[C@@H]1OS(C)(=O)=O)C(=O)c1ccccc1C3=O. The second-order valence-corrected chi connectivity index (χ2v) is 12.1. The lowest BCUT2D eigenvalue weighted by atomic mass is 9.80. The van der Waals surface area contributed by atoms with Crippen LogP contribution in [-0.4, -0.2) is 47.0 Å². The van der Waals surface area contributed by atoms with E-state index in [0.717, 1.165) is 18.1 Å². The van der Waals surface area contributed by atoms with E-state index in [4.69, 9.17) is 13.1 Å². The molecule has 3 aromatic rings. The minimum Gasteiger partial charge on any atom is -0.488 e. The molecule has 0 aliphatic heterocycles. The van der Waals surface area contributed by atoms with Crippen molar-refractivity contribution in [1.82, 2.24) is 0 Å². The summed E-state index contributed by atoms with van der Waals surface area (Å²) in [5.41, 5.74) is 1.80. The van der Waals surface area contributed by atoms with Crippen molar-refractivity contribution in [3.8, 4) is 5.75 Å². The van der Waals surface area contributed by atoms with Gasteiger partial charge in [0.2, 0.25) is 0 Å². The molecule has 0 radical (unpaired) electrons. The molecule has 2 atom stereocenters. The largest absolute Gasteiger partial charge is 0.488 e. The predicted molar refractivity (Wildman–Crippen MR) is 133 cm³/mol. The van der Waals surface area contributed by atoms with E-state index >= 15 is 0 Å². The van der Waals surface area contributed by atoms with Crippen LogP contribution in [0.5, 0.6) is 5.75 Å². The Morgan fingerprint density at radius 1 is 0.784 bits per heavy atom. The van der Waals surface area contributed by atoms with Gasteiger partial charge in [0.1, 0.15) is 24.6 Å². The first-order valence-corrected chi connectivity index (χ1v) is 14.9. The number of benzene rings is 3. The number of rotatable bonds is 7. The van der Waals surface area contributed by atoms with Crippen molar-refractivity contribution < 1.29 is 39.5 Å². The summed E-state index contributed by atoms with van der Waals surface area (Å²) in [4.78, 5) is 27.0. The van der Waals surface area contributed by atoms with Crippen LogP contribution in [0.3, 0.4) is 0 Å². The van der Waals surface area contributed by atoms with E-state index in [0.29, 0.717) is 0 Å². The van der Waals surface area contributed by atoms with Gasteiger partial charge in [-0.2, -0.15) is 16.8 Å². The first-order valence-electron chi connectivity index (χ1n) is 11.2. The van der Waals surface area contributed by atoms with Gasteiger partial charge in [-0.1, -0.05) is 54.6 Å². The molecule has 2 aliphatic rings. The van der Waals surface area contributed by atoms with Crippen molar-refractivity contribution in [1.29, 1.82) is 0 Å². The summed E-state index contributed by atoms with van der Waals surface area (Å²) in [6, 6.07) is 16.9. The Hall–Kier alpha value is -3.38. The highest BCUT2D eigenvalue weighted by atomic mass is 32.2. The van der Waals surface area contributed by atoms with Gasteiger partial charge in [0.05, 0.1) is 12.5 Å². The van der Waals surface area contributed by atoms with Gasteiger partial charge >= 0.3 is 0 Å². The quantitative estimate of drug-likeness (QED) is 0.324. The first-order chi connectivity index (χ1) is 17.4. The second-order valence-electron chi connectivity index (χ2n) is 8.93. The lowest BCUT2D eigenvalue weighted by Crippen LogP contribution is -2.26. The molecule has 0 heterocycles. The zero-order chi connectivity index (χ0) is 26.5. The van der Waals surface area contributed by atoms with E-state index in [1.54, 1.807) is 18.2 Å². The third-order valence-corrected chi connectivity index (χ3v) is 7.32. The molecular weight excluding hydrogens is 520 g/mol. The van der Waals surface area contributed by atoms with E-state index < -0.39 is 44.0 Å². The van der Waals surface area contributed by atoms with Crippen LogP contribution in [0.4, 0.5) is 0 Å². The fourth-order valence-corrected chi connectivity index (χ4v) is 6.02. The molecule has 37 heavy (non-hydrogen) atoms. The summed E-state index contributed by atoms with van der Waals surface area (Å²) >= 11 is 0. The number of hydrogen-bond acceptors (Lipinski definition) is 9. The van der Waals surface area contributed by atoms with Crippen LogP contribution in [0, 0.1) is 0 Å². The summed E-state index contributed by atoms with van der Waals surface area (Å²) in [5, 5.41) is 0. The molecule has 0 unspecified atom stereocenters. The highest BCUT2D eigenvalue weighted by molar-refractivity contribution is 7.86. The Morgan fingerprint density at radius 3 is 2.00 bits per heavy atom. The molecule has 0 fully saturated rings. The number of ketones is 2. The molecule has 0 bridgehead atoms. The van der Waals surface area contributed by atoms with Crippen molar-refractivity contribution in [2.45, 2.75) is 25.2 Å². The zero-order valence-corrected chi connectivity index (χ0v) is 21.5. The average molecular weight is 543 g/mol. The normalized spacial score (nSPS) is 18.8. The van der Waals surface area contributed by atoms with Crippen LogP contribution < -0.4 is 4.74 Å². The van der Waals surface area contributed by atoms with Crippen molar-refractivity contribution in [3.05, 3.63) is 99.6 Å². The molecule has 0 N–H and O–H groups in total. The number of ether oxygens (including phenoxy) is 1. The molecule has 2 aliphatic carbocycles. The fraction of sp³-hybridized carbons (Fsp3) is 0.231. The zero-order valence-electron chi connectivity index (χ0n) is 19.8. The number of fused-ring (bicyclic) bond motifs is 4. The Morgan fingerprint density at radius 2 is 1.38 bits per heavy atom. The number of carbonyl (C=O) groups excluding carboxylic acids is 2. The summed E-state index contributed by atoms with van der Waals surface area (Å²) in [6.45, 7) is 0.0635. The van der Waals surface area contributed by atoms with Gasteiger partial charge in [0.25, 0.3) is 20.2 Å². The molecular formula is C26H22O9S2. The molecule has 192 valence electrons. The van der Waals surface area contributed by atoms with Crippen molar-refractivity contribution in [3.63, 3.8) is 0 Å². The van der Waals surface area contributed by atoms with E-state index in [1.165, 1.54) is 12.1 Å². The van der Waals surface area contributed by atoms with Crippen molar-refractivity contribution >= 4 is 31.8 Å². The van der Waals surface area contributed by atoms with E-state index in [-0.39, 0.29) is 52.2 Å². The van der Waals surface area contributed by atoms with Crippen molar-refractivity contribution in [2.75, 3.05) is 12.5 Å². The lowest BCUT2D eigenvalue weighted by Gasteiger charge is -2.24. The van der Waals surface area contributed by atoms with E-state index in [2.05, 4.69) is 0 Å². The third-order valence-electron chi connectivity index (χ3n) is 6.17. The van der Waals surface area contributed by atoms with Gasteiger partial charge in [0, 0.05) is 34.2 Å². The number of carbonyl (C=O) groups is 2. The molecule has 0 saturated heterocycles. The van der Waals surface area contributed by atoms with Gasteiger partial charge in [0.15, 0.2) is 11.6 Å². The molecule has 0 spiro atoms. The average Bonchev–Trinajstić information content (AvgIpc) is 3.16. The minimum absolute atomic E-state index is 0.0625. The van der Waals surface area contributed by atoms with Gasteiger partial charge in [-0.05, 0) is 17.2 Å². The van der Waals surface area contributed by atoms with Crippen LogP contribution in [-0.2, 0) is 41.6 Å². The van der Waals surface area contributed by atoms with Crippen LogP contribution in [0.25, 0.3) is 0 Å². The monoisotopic (exact) mass is 542 g/mol. The highest BCUT2D eigenvalue weighted by Crippen LogP contribution is 2.47. The first kappa shape index (κ1) is 25.3. The molecule has 0 saturated carbocycles. The smallest absolute Gasteiger partial charge is 0.265 e. The Kier molecular flexibility index (Phi) is 6.27. The standard InChI is InChI=1S/C26H22O9S2/c1-36(29,30)34-21-12-18-22-19(24(27)16-10-6-7-11-17(16)25(22)28)13-20(23(18)26(21)35-37(2,31)32)33-14-15-8-4-3-5-9-15/h3-11,13,21,26H,12,14H2,1-2H3/t21-,26-/m1/s1. The lowest BCUT2D eigenvalue weighted by molar-refractivity contribution is 0.0760. The Labute approximate surface area is 214 Å². The molecule has 3 aromatic carbocycles. The van der Waals surface area contributed by atoms with Crippen LogP contribution in [0.1, 0.15) is 54.6 Å². The van der Waals surface area contributed by atoms with Gasteiger partial charge in [-0.3, -0.25) is 18.0 Å². The molecule has 0 amide bonds. The molecule has 9 nitrogen and oxygen atoms in total. The molecule has 5 rings (SSSR count). The summed E-state index contributed by atoms with van der Waals surface area (Å²) in [7, 11) is -8.14. The maximum Gasteiger partial charge on any atom is 0.265 e. The maximum absolute atomic E-state index is 13.6. The highest BCUT2D eigenvalue weighted by Gasteiger charge is 2.46. The predicted octanol–water partition coefficient (Wildman–Crippen LogP) is 2.96. The maximum atomic E-state index is 13.6. The summed E-state index contributed by atoms with van der Waals surface area (Å²) in [5.74, 6) is -0.730. The Bertz CT molecular complexity index is 1640. The molecule has 11 heteroatoms. The van der Waals surface area contributed by atoms with Gasteiger partial charge in [-0.15, -0.1) is 0 Å². The molecule has 0 aromatic heterocycles. The van der Waals surface area contributed by atoms with Gasteiger partial charge in [-0.25, -0.2) is 0 Å². The number of hydrogen-bond donors (Lipinski definition) is 0. The Balaban J connectivity index is 1.71. The van der Waals surface area contributed by atoms with Gasteiger partial charge < -0.3 is 4.74 Å². The second kappa shape index (κ2) is 9.18. The van der Waals surface area contributed by atoms with Crippen LogP contribution >= 0.6 is 0 Å². The minimum atomic E-state index is -4.10. The third kappa shape index (κ3) is 4.95. The van der Waals surface area contributed by atoms with Crippen molar-refractivity contribution in [2.24, 2.45) is 0 Å². The van der Waals surface area contributed by atoms with E-state index in [9.17, 15) is 26.4 Å². The van der Waals surface area contributed by atoms with Crippen LogP contribution in [0.2, 0.25) is 0 Å².